The predicted molar refractivity (Wildman–Crippen MR) is 84.2 cm³/mol. The summed E-state index contributed by atoms with van der Waals surface area (Å²) < 4.78 is 27.4. The lowest BCUT2D eigenvalue weighted by Gasteiger charge is -2.17. The van der Waals surface area contributed by atoms with Crippen LogP contribution in [0.15, 0.2) is 42.5 Å². The third kappa shape index (κ3) is 4.06. The monoisotopic (exact) mass is 339 g/mol. The van der Waals surface area contributed by atoms with Gasteiger partial charge in [-0.3, -0.25) is 4.79 Å². The maximum Gasteiger partial charge on any atom is 0.227 e. The van der Waals surface area contributed by atoms with Crippen molar-refractivity contribution in [3.8, 4) is 0 Å². The Morgan fingerprint density at radius 1 is 1.17 bits per heavy atom. The van der Waals surface area contributed by atoms with Crippen molar-refractivity contribution in [2.75, 3.05) is 6.54 Å². The summed E-state index contributed by atoms with van der Waals surface area (Å²) in [5.74, 6) is -3.16. The van der Waals surface area contributed by atoms with Gasteiger partial charge >= 0.3 is 0 Å². The molecular weight excluding hydrogens is 324 g/mol. The van der Waals surface area contributed by atoms with Crippen LogP contribution in [-0.2, 0) is 4.79 Å². The van der Waals surface area contributed by atoms with E-state index < -0.39 is 29.6 Å². The molecule has 0 spiro atoms. The molecule has 2 N–H and O–H groups in total. The average molecular weight is 340 g/mol. The molecule has 2 atom stereocenters. The number of benzene rings is 2. The molecule has 2 unspecified atom stereocenters. The lowest BCUT2D eigenvalue weighted by atomic mass is 9.99. The Hall–Kier alpha value is -1.98. The average Bonchev–Trinajstić information content (AvgIpc) is 2.52. The summed E-state index contributed by atoms with van der Waals surface area (Å²) >= 11 is 5.96. The molecule has 0 heterocycles. The topological polar surface area (TPSA) is 49.3 Å². The van der Waals surface area contributed by atoms with Gasteiger partial charge in [0.05, 0.1) is 12.0 Å². The first kappa shape index (κ1) is 17.4. The van der Waals surface area contributed by atoms with Crippen LogP contribution in [-0.4, -0.2) is 17.6 Å². The highest BCUT2D eigenvalue weighted by molar-refractivity contribution is 6.31. The molecule has 2 aromatic rings. The second kappa shape index (κ2) is 7.53. The molecule has 23 heavy (non-hydrogen) atoms. The molecule has 1 amide bonds. The highest BCUT2D eigenvalue weighted by atomic mass is 35.5. The number of hydrogen-bond donors (Lipinski definition) is 2. The first-order chi connectivity index (χ1) is 10.9. The number of halogens is 3. The summed E-state index contributed by atoms with van der Waals surface area (Å²) in [5.41, 5.74) is 0.177. The van der Waals surface area contributed by atoms with E-state index in [4.69, 9.17) is 11.6 Å². The summed E-state index contributed by atoms with van der Waals surface area (Å²) in [6, 6.07) is 10.1. The van der Waals surface area contributed by atoms with Gasteiger partial charge in [-0.05, 0) is 25.1 Å². The Bertz CT molecular complexity index is 688. The van der Waals surface area contributed by atoms with Crippen LogP contribution in [0.5, 0.6) is 0 Å². The maximum atomic E-state index is 13.7. The number of nitrogens with one attached hydrogen (secondary N) is 1. The van der Waals surface area contributed by atoms with E-state index in [0.29, 0.717) is 10.6 Å². The molecule has 2 aromatic carbocycles. The molecule has 2 rings (SSSR count). The minimum atomic E-state index is -1.02. The fourth-order valence-corrected chi connectivity index (χ4v) is 2.52. The van der Waals surface area contributed by atoms with E-state index >= 15 is 0 Å². The summed E-state index contributed by atoms with van der Waals surface area (Å²) in [6.45, 7) is 1.29. The molecule has 0 saturated carbocycles. The van der Waals surface area contributed by atoms with E-state index in [-0.39, 0.29) is 12.1 Å². The normalized spacial score (nSPS) is 13.4. The molecule has 0 aliphatic heterocycles. The zero-order valence-electron chi connectivity index (χ0n) is 12.4. The lowest BCUT2D eigenvalue weighted by molar-refractivity contribution is -0.122. The molecule has 0 aliphatic carbocycles. The third-order valence-electron chi connectivity index (χ3n) is 3.56. The number of aliphatic hydroxyl groups is 1. The van der Waals surface area contributed by atoms with Gasteiger partial charge in [0.2, 0.25) is 5.91 Å². The molecule has 0 bridgehead atoms. The van der Waals surface area contributed by atoms with Crippen LogP contribution in [0.3, 0.4) is 0 Å². The van der Waals surface area contributed by atoms with Crippen molar-refractivity contribution in [3.63, 3.8) is 0 Å². The van der Waals surface area contributed by atoms with E-state index in [1.54, 1.807) is 24.3 Å². The first-order valence-corrected chi connectivity index (χ1v) is 7.43. The second-order valence-corrected chi connectivity index (χ2v) is 5.55. The van der Waals surface area contributed by atoms with Crippen molar-refractivity contribution in [2.24, 2.45) is 0 Å². The number of carbonyl (C=O) groups excluding carboxylic acids is 1. The van der Waals surface area contributed by atoms with Crippen LogP contribution in [0.1, 0.15) is 30.1 Å². The molecule has 0 aliphatic rings. The Morgan fingerprint density at radius 2 is 1.78 bits per heavy atom. The summed E-state index contributed by atoms with van der Waals surface area (Å²) in [5, 5.41) is 12.9. The van der Waals surface area contributed by atoms with Crippen molar-refractivity contribution in [1.29, 1.82) is 0 Å². The van der Waals surface area contributed by atoms with Crippen molar-refractivity contribution < 1.29 is 18.7 Å². The third-order valence-corrected chi connectivity index (χ3v) is 3.90. The molecule has 0 radical (unpaired) electrons. The molecule has 0 fully saturated rings. The van der Waals surface area contributed by atoms with Gasteiger partial charge in [-0.15, -0.1) is 0 Å². The quantitative estimate of drug-likeness (QED) is 0.875. The Labute approximate surface area is 137 Å². The molecular formula is C17H16ClF2NO2. The van der Waals surface area contributed by atoms with E-state index in [2.05, 4.69) is 5.32 Å². The Balaban J connectivity index is 2.03. The largest absolute Gasteiger partial charge is 0.387 e. The van der Waals surface area contributed by atoms with Crippen molar-refractivity contribution in [3.05, 3.63) is 70.2 Å². The van der Waals surface area contributed by atoms with Crippen molar-refractivity contribution >= 4 is 17.5 Å². The van der Waals surface area contributed by atoms with E-state index in [0.717, 1.165) is 12.1 Å². The van der Waals surface area contributed by atoms with Gasteiger partial charge < -0.3 is 10.4 Å². The van der Waals surface area contributed by atoms with Crippen LogP contribution < -0.4 is 5.32 Å². The molecule has 122 valence electrons. The van der Waals surface area contributed by atoms with Gasteiger partial charge in [-0.1, -0.05) is 35.9 Å². The molecule has 3 nitrogen and oxygen atoms in total. The van der Waals surface area contributed by atoms with Gasteiger partial charge in [-0.25, -0.2) is 8.78 Å². The van der Waals surface area contributed by atoms with Crippen molar-refractivity contribution in [1.82, 2.24) is 5.32 Å². The SMILES string of the molecule is CC(C(=O)NCC(O)c1ccccc1Cl)c1c(F)cccc1F. The number of hydrogen-bond acceptors (Lipinski definition) is 2. The van der Waals surface area contributed by atoms with Crippen LogP contribution in [0, 0.1) is 11.6 Å². The minimum absolute atomic E-state index is 0.108. The summed E-state index contributed by atoms with van der Waals surface area (Å²) in [7, 11) is 0. The number of amides is 1. The Morgan fingerprint density at radius 3 is 2.39 bits per heavy atom. The predicted octanol–water partition coefficient (Wildman–Crippen LogP) is 3.57. The highest BCUT2D eigenvalue weighted by Crippen LogP contribution is 2.24. The zero-order chi connectivity index (χ0) is 17.0. The number of rotatable bonds is 5. The van der Waals surface area contributed by atoms with Gasteiger partial charge in [0.15, 0.2) is 0 Å². The van der Waals surface area contributed by atoms with Crippen LogP contribution >= 0.6 is 11.6 Å². The fourth-order valence-electron chi connectivity index (χ4n) is 2.26. The van der Waals surface area contributed by atoms with Gasteiger partial charge in [0, 0.05) is 22.7 Å². The summed E-state index contributed by atoms with van der Waals surface area (Å²) in [4.78, 5) is 12.1. The van der Waals surface area contributed by atoms with Gasteiger partial charge in [-0.2, -0.15) is 0 Å². The molecule has 0 saturated heterocycles. The maximum absolute atomic E-state index is 13.7. The van der Waals surface area contributed by atoms with Gasteiger partial charge in [0.1, 0.15) is 11.6 Å². The fraction of sp³-hybridized carbons (Fsp3) is 0.235. The lowest BCUT2D eigenvalue weighted by Crippen LogP contribution is -2.32. The van der Waals surface area contributed by atoms with Gasteiger partial charge in [0.25, 0.3) is 0 Å². The standard InChI is InChI=1S/C17H16ClF2NO2/c1-10(16-13(19)7-4-8-14(16)20)17(23)21-9-15(22)11-5-2-3-6-12(11)18/h2-8,10,15,22H,9H2,1H3,(H,21,23). The highest BCUT2D eigenvalue weighted by Gasteiger charge is 2.23. The summed E-state index contributed by atoms with van der Waals surface area (Å²) in [6.07, 6.45) is -1.01. The van der Waals surface area contributed by atoms with Crippen molar-refractivity contribution in [2.45, 2.75) is 18.9 Å². The van der Waals surface area contributed by atoms with Crippen LogP contribution in [0.4, 0.5) is 8.78 Å². The molecule has 6 heteroatoms. The van der Waals surface area contributed by atoms with Crippen LogP contribution in [0.2, 0.25) is 5.02 Å². The van der Waals surface area contributed by atoms with Crippen LogP contribution in [0.25, 0.3) is 0 Å². The number of aliphatic hydroxyl groups excluding tert-OH is 1. The van der Waals surface area contributed by atoms with E-state index in [1.165, 1.54) is 13.0 Å². The number of carbonyl (C=O) groups is 1. The smallest absolute Gasteiger partial charge is 0.227 e. The minimum Gasteiger partial charge on any atom is -0.387 e. The first-order valence-electron chi connectivity index (χ1n) is 7.06. The zero-order valence-corrected chi connectivity index (χ0v) is 13.1. The van der Waals surface area contributed by atoms with E-state index in [1.807, 2.05) is 0 Å². The van der Waals surface area contributed by atoms with E-state index in [9.17, 15) is 18.7 Å². The Kier molecular flexibility index (Phi) is 5.69. The second-order valence-electron chi connectivity index (χ2n) is 5.14. The molecule has 0 aromatic heterocycles.